The number of aromatic nitrogens is 2. The largest absolute Gasteiger partial charge is 0.381 e. The van der Waals surface area contributed by atoms with Crippen LogP contribution in [0.3, 0.4) is 0 Å². The van der Waals surface area contributed by atoms with Gasteiger partial charge in [-0.1, -0.05) is 0 Å². The van der Waals surface area contributed by atoms with Crippen molar-refractivity contribution >= 4 is 0 Å². The lowest BCUT2D eigenvalue weighted by atomic mass is 9.92. The third-order valence-electron chi connectivity index (χ3n) is 3.82. The molecule has 2 unspecified atom stereocenters. The van der Waals surface area contributed by atoms with Crippen LogP contribution in [0.1, 0.15) is 44.1 Å². The van der Waals surface area contributed by atoms with Crippen LogP contribution in [0.4, 0.5) is 0 Å². The normalized spacial score (nSPS) is 20.6. The first-order valence-electron chi connectivity index (χ1n) is 6.79. The standard InChI is InChI=1S/C14H23N3O/c1-10(13-4-8-18-9-5-13)17-12(3)14-11(2)15-6-7-16-14/h6-7,10,12-13,17H,4-5,8-9H2,1-3H3. The molecule has 1 saturated heterocycles. The molecule has 2 rings (SSSR count). The Bertz CT molecular complexity index is 377. The molecular formula is C14H23N3O. The second-order valence-electron chi connectivity index (χ2n) is 5.15. The Kier molecular flexibility index (Phi) is 4.66. The fourth-order valence-corrected chi connectivity index (χ4v) is 2.67. The Morgan fingerprint density at radius 3 is 2.56 bits per heavy atom. The van der Waals surface area contributed by atoms with E-state index in [2.05, 4.69) is 29.1 Å². The molecule has 1 aromatic rings. The van der Waals surface area contributed by atoms with Crippen LogP contribution in [0.5, 0.6) is 0 Å². The van der Waals surface area contributed by atoms with Crippen LogP contribution in [0, 0.1) is 12.8 Å². The molecule has 1 fully saturated rings. The van der Waals surface area contributed by atoms with Crippen molar-refractivity contribution < 1.29 is 4.74 Å². The van der Waals surface area contributed by atoms with Gasteiger partial charge in [0.05, 0.1) is 11.4 Å². The molecule has 4 nitrogen and oxygen atoms in total. The lowest BCUT2D eigenvalue weighted by molar-refractivity contribution is 0.0546. The van der Waals surface area contributed by atoms with Gasteiger partial charge in [0.15, 0.2) is 0 Å². The summed E-state index contributed by atoms with van der Waals surface area (Å²) in [5.41, 5.74) is 2.06. The van der Waals surface area contributed by atoms with Crippen LogP contribution in [0.15, 0.2) is 12.4 Å². The highest BCUT2D eigenvalue weighted by Gasteiger charge is 2.22. The third kappa shape index (κ3) is 3.27. The van der Waals surface area contributed by atoms with Crippen molar-refractivity contribution in [3.8, 4) is 0 Å². The predicted molar refractivity (Wildman–Crippen MR) is 71.3 cm³/mol. The molecule has 0 aromatic carbocycles. The van der Waals surface area contributed by atoms with E-state index < -0.39 is 0 Å². The predicted octanol–water partition coefficient (Wildman–Crippen LogP) is 2.25. The minimum atomic E-state index is 0.247. The van der Waals surface area contributed by atoms with Crippen LogP contribution in [0.25, 0.3) is 0 Å². The van der Waals surface area contributed by atoms with Crippen molar-refractivity contribution in [2.24, 2.45) is 5.92 Å². The summed E-state index contributed by atoms with van der Waals surface area (Å²) in [6.45, 7) is 8.23. The Balaban J connectivity index is 1.94. The van der Waals surface area contributed by atoms with Crippen molar-refractivity contribution in [1.82, 2.24) is 15.3 Å². The smallest absolute Gasteiger partial charge is 0.0782 e. The Morgan fingerprint density at radius 1 is 1.22 bits per heavy atom. The first kappa shape index (κ1) is 13.4. The molecule has 0 saturated carbocycles. The van der Waals surface area contributed by atoms with Crippen LogP contribution in [-0.2, 0) is 4.74 Å². The van der Waals surface area contributed by atoms with Crippen molar-refractivity contribution in [2.75, 3.05) is 13.2 Å². The maximum atomic E-state index is 5.41. The van der Waals surface area contributed by atoms with Crippen LogP contribution in [-0.4, -0.2) is 29.2 Å². The van der Waals surface area contributed by atoms with Gasteiger partial charge in [-0.3, -0.25) is 9.97 Å². The van der Waals surface area contributed by atoms with Gasteiger partial charge < -0.3 is 10.1 Å². The number of nitrogens with zero attached hydrogens (tertiary/aromatic N) is 2. The van der Waals surface area contributed by atoms with Gasteiger partial charge >= 0.3 is 0 Å². The Hall–Kier alpha value is -1.00. The number of ether oxygens (including phenoxy) is 1. The lowest BCUT2D eigenvalue weighted by Crippen LogP contribution is -2.38. The Labute approximate surface area is 109 Å². The highest BCUT2D eigenvalue weighted by molar-refractivity contribution is 5.12. The van der Waals surface area contributed by atoms with Crippen LogP contribution >= 0.6 is 0 Å². The van der Waals surface area contributed by atoms with E-state index in [9.17, 15) is 0 Å². The van der Waals surface area contributed by atoms with Gasteiger partial charge in [0.25, 0.3) is 0 Å². The van der Waals surface area contributed by atoms with E-state index >= 15 is 0 Å². The zero-order valence-corrected chi connectivity index (χ0v) is 11.5. The minimum Gasteiger partial charge on any atom is -0.381 e. The van der Waals surface area contributed by atoms with E-state index in [4.69, 9.17) is 4.74 Å². The molecule has 100 valence electrons. The molecule has 0 amide bonds. The molecule has 1 aliphatic rings. The monoisotopic (exact) mass is 249 g/mol. The van der Waals surface area contributed by atoms with E-state index in [0.717, 1.165) is 37.4 Å². The number of aryl methyl sites for hydroxylation is 1. The molecule has 2 atom stereocenters. The van der Waals surface area contributed by atoms with Gasteiger partial charge in [-0.2, -0.15) is 0 Å². The molecule has 4 heteroatoms. The van der Waals surface area contributed by atoms with Crippen molar-refractivity contribution in [3.63, 3.8) is 0 Å². The maximum absolute atomic E-state index is 5.41. The molecule has 0 aliphatic carbocycles. The highest BCUT2D eigenvalue weighted by atomic mass is 16.5. The molecule has 1 aromatic heterocycles. The van der Waals surface area contributed by atoms with Gasteiger partial charge in [0, 0.05) is 37.7 Å². The van der Waals surface area contributed by atoms with E-state index in [1.807, 2.05) is 6.92 Å². The summed E-state index contributed by atoms with van der Waals surface area (Å²) in [6, 6.07) is 0.738. The molecular weight excluding hydrogens is 226 g/mol. The fourth-order valence-electron chi connectivity index (χ4n) is 2.67. The molecule has 18 heavy (non-hydrogen) atoms. The molecule has 2 heterocycles. The SMILES string of the molecule is Cc1nccnc1C(C)NC(C)C1CCOCC1. The second-order valence-corrected chi connectivity index (χ2v) is 5.15. The fraction of sp³-hybridized carbons (Fsp3) is 0.714. The quantitative estimate of drug-likeness (QED) is 0.889. The molecule has 0 bridgehead atoms. The number of rotatable bonds is 4. The van der Waals surface area contributed by atoms with E-state index in [1.54, 1.807) is 12.4 Å². The van der Waals surface area contributed by atoms with Crippen molar-refractivity contribution in [2.45, 2.75) is 45.7 Å². The molecule has 0 spiro atoms. The molecule has 1 N–H and O–H groups in total. The number of hydrogen-bond donors (Lipinski definition) is 1. The van der Waals surface area contributed by atoms with Crippen molar-refractivity contribution in [3.05, 3.63) is 23.8 Å². The van der Waals surface area contributed by atoms with E-state index in [-0.39, 0.29) is 6.04 Å². The summed E-state index contributed by atoms with van der Waals surface area (Å²) in [5, 5.41) is 3.65. The zero-order chi connectivity index (χ0) is 13.0. The van der Waals surface area contributed by atoms with Gasteiger partial charge in [-0.05, 0) is 39.5 Å². The highest BCUT2D eigenvalue weighted by Crippen LogP contribution is 2.21. The first-order chi connectivity index (χ1) is 8.68. The van der Waals surface area contributed by atoms with E-state index in [1.165, 1.54) is 0 Å². The third-order valence-corrected chi connectivity index (χ3v) is 3.82. The number of hydrogen-bond acceptors (Lipinski definition) is 4. The Morgan fingerprint density at radius 2 is 1.89 bits per heavy atom. The first-order valence-corrected chi connectivity index (χ1v) is 6.79. The van der Waals surface area contributed by atoms with Gasteiger partial charge in [0.2, 0.25) is 0 Å². The van der Waals surface area contributed by atoms with Crippen molar-refractivity contribution in [1.29, 1.82) is 0 Å². The number of nitrogens with one attached hydrogen (secondary N) is 1. The summed E-state index contributed by atoms with van der Waals surface area (Å²) < 4.78 is 5.41. The van der Waals surface area contributed by atoms with E-state index in [0.29, 0.717) is 12.0 Å². The lowest BCUT2D eigenvalue weighted by Gasteiger charge is -2.30. The average molecular weight is 249 g/mol. The summed E-state index contributed by atoms with van der Waals surface area (Å²) in [6.07, 6.45) is 5.81. The summed E-state index contributed by atoms with van der Waals surface area (Å²) in [4.78, 5) is 8.72. The zero-order valence-electron chi connectivity index (χ0n) is 11.5. The van der Waals surface area contributed by atoms with Crippen LogP contribution < -0.4 is 5.32 Å². The summed E-state index contributed by atoms with van der Waals surface area (Å²) >= 11 is 0. The summed E-state index contributed by atoms with van der Waals surface area (Å²) in [7, 11) is 0. The van der Waals surface area contributed by atoms with Crippen LogP contribution in [0.2, 0.25) is 0 Å². The summed E-state index contributed by atoms with van der Waals surface area (Å²) in [5.74, 6) is 0.707. The molecule has 1 aliphatic heterocycles. The second kappa shape index (κ2) is 6.25. The molecule has 0 radical (unpaired) electrons. The van der Waals surface area contributed by atoms with Gasteiger partial charge in [0.1, 0.15) is 0 Å². The van der Waals surface area contributed by atoms with Gasteiger partial charge in [-0.25, -0.2) is 0 Å². The minimum absolute atomic E-state index is 0.247. The average Bonchev–Trinajstić information content (AvgIpc) is 2.40. The topological polar surface area (TPSA) is 47.0 Å². The van der Waals surface area contributed by atoms with Gasteiger partial charge in [-0.15, -0.1) is 0 Å². The maximum Gasteiger partial charge on any atom is 0.0782 e.